The van der Waals surface area contributed by atoms with Crippen LogP contribution in [0, 0.1) is 0 Å². The number of ether oxygens (including phenoxy) is 1. The summed E-state index contributed by atoms with van der Waals surface area (Å²) in [6, 6.07) is -0.546. The van der Waals surface area contributed by atoms with Crippen molar-refractivity contribution < 1.29 is 22.0 Å². The van der Waals surface area contributed by atoms with E-state index in [9.17, 15) is 14.4 Å². The van der Waals surface area contributed by atoms with Gasteiger partial charge in [0.25, 0.3) is 0 Å². The minimum Gasteiger partial charge on any atom is -0.446 e. The van der Waals surface area contributed by atoms with E-state index in [2.05, 4.69) is 19.2 Å². The smallest absolute Gasteiger partial charge is 0.407 e. The van der Waals surface area contributed by atoms with Crippen molar-refractivity contribution in [2.24, 2.45) is 5.73 Å². The van der Waals surface area contributed by atoms with Crippen LogP contribution in [0.3, 0.4) is 0 Å². The van der Waals surface area contributed by atoms with E-state index in [0.29, 0.717) is 13.0 Å². The molecule has 3 N–H and O–H groups in total. The number of nitrogens with zero attached hydrogens (tertiary/aromatic N) is 1. The van der Waals surface area contributed by atoms with Crippen LogP contribution in [0.1, 0.15) is 61.6 Å². The average Bonchev–Trinajstić information content (AvgIpc) is 3.16. The third-order valence-corrected chi connectivity index (χ3v) is 3.86. The van der Waals surface area contributed by atoms with Gasteiger partial charge in [0.2, 0.25) is 11.8 Å². The summed E-state index contributed by atoms with van der Waals surface area (Å²) in [4.78, 5) is 36.1. The number of carbonyl (C=O) groups excluding carboxylic acids is 3. The van der Waals surface area contributed by atoms with Crippen LogP contribution >= 0.6 is 0 Å². The zero-order chi connectivity index (χ0) is 17.2. The van der Waals surface area contributed by atoms with Gasteiger partial charge >= 0.3 is 6.09 Å². The lowest BCUT2D eigenvalue weighted by molar-refractivity contribution is -0.136. The number of rotatable bonds is 4. The van der Waals surface area contributed by atoms with E-state index in [4.69, 9.17) is 10.5 Å². The fraction of sp³-hybridized carbons (Fsp3) is 0.812. The Balaban J connectivity index is 0. The molecule has 0 bridgehead atoms. The Labute approximate surface area is 140 Å². The Morgan fingerprint density at radius 1 is 1.17 bits per heavy atom. The molecular formula is C16H33N3O4. The van der Waals surface area contributed by atoms with Crippen LogP contribution in [0.2, 0.25) is 0 Å². The Bertz CT molecular complexity index is 418. The zero-order valence-corrected chi connectivity index (χ0v) is 14.2. The SMILES string of the molecule is CCC.NC(=O)[C@@H]1CCCN1C(=O)CNC(=O)OC1CCCC1.[HH].[HH]. The molecule has 0 aromatic heterocycles. The van der Waals surface area contributed by atoms with Gasteiger partial charge in [-0.15, -0.1) is 0 Å². The second-order valence-electron chi connectivity index (χ2n) is 6.02. The van der Waals surface area contributed by atoms with E-state index >= 15 is 0 Å². The maximum Gasteiger partial charge on any atom is 0.407 e. The summed E-state index contributed by atoms with van der Waals surface area (Å²) >= 11 is 0. The van der Waals surface area contributed by atoms with Crippen LogP contribution in [-0.4, -0.2) is 48.0 Å². The van der Waals surface area contributed by atoms with Crippen LogP contribution in [0.5, 0.6) is 0 Å². The molecule has 2 aliphatic rings. The number of hydrogen-bond donors (Lipinski definition) is 2. The molecule has 7 nitrogen and oxygen atoms in total. The topological polar surface area (TPSA) is 102 Å². The molecule has 3 amide bonds. The van der Waals surface area contributed by atoms with E-state index < -0.39 is 18.0 Å². The summed E-state index contributed by atoms with van der Waals surface area (Å²) in [5.41, 5.74) is 5.25. The predicted octanol–water partition coefficient (Wildman–Crippen LogP) is 2.04. The molecule has 1 saturated heterocycles. The molecule has 2 rings (SSSR count). The number of likely N-dealkylation sites (tertiary alicyclic amines) is 1. The summed E-state index contributed by atoms with van der Waals surface area (Å²) in [5.74, 6) is -0.793. The molecule has 23 heavy (non-hydrogen) atoms. The van der Waals surface area contributed by atoms with Gasteiger partial charge in [-0.1, -0.05) is 20.3 Å². The van der Waals surface area contributed by atoms with Crippen molar-refractivity contribution in [2.75, 3.05) is 13.1 Å². The predicted molar refractivity (Wildman–Crippen MR) is 90.9 cm³/mol. The maximum atomic E-state index is 11.9. The van der Waals surface area contributed by atoms with E-state index in [0.717, 1.165) is 32.1 Å². The van der Waals surface area contributed by atoms with Gasteiger partial charge in [0, 0.05) is 9.40 Å². The average molecular weight is 331 g/mol. The molecule has 7 heteroatoms. The molecule has 136 valence electrons. The highest BCUT2D eigenvalue weighted by molar-refractivity contribution is 5.89. The molecule has 0 aromatic carbocycles. The van der Waals surface area contributed by atoms with E-state index in [1.807, 2.05) is 0 Å². The second-order valence-corrected chi connectivity index (χ2v) is 6.02. The fourth-order valence-corrected chi connectivity index (χ4v) is 2.81. The van der Waals surface area contributed by atoms with Crippen LogP contribution in [-0.2, 0) is 14.3 Å². The summed E-state index contributed by atoms with van der Waals surface area (Å²) in [6.45, 7) is 4.60. The van der Waals surface area contributed by atoms with Gasteiger partial charge in [-0.25, -0.2) is 4.79 Å². The lowest BCUT2D eigenvalue weighted by atomic mass is 10.2. The largest absolute Gasteiger partial charge is 0.446 e. The van der Waals surface area contributed by atoms with Crippen molar-refractivity contribution in [2.45, 2.75) is 70.9 Å². The van der Waals surface area contributed by atoms with Gasteiger partial charge in [0.15, 0.2) is 0 Å². The number of hydrogen-bond acceptors (Lipinski definition) is 4. The normalized spacial score (nSPS) is 20.6. The lowest BCUT2D eigenvalue weighted by Crippen LogP contribution is -2.47. The molecular weight excluding hydrogens is 298 g/mol. The monoisotopic (exact) mass is 331 g/mol. The van der Waals surface area contributed by atoms with Crippen LogP contribution < -0.4 is 11.1 Å². The number of alkyl carbamates (subject to hydrolysis) is 1. The molecule has 1 saturated carbocycles. The van der Waals surface area contributed by atoms with Crippen molar-refractivity contribution in [1.29, 1.82) is 0 Å². The molecule has 1 atom stereocenters. The van der Waals surface area contributed by atoms with Crippen molar-refractivity contribution in [3.05, 3.63) is 0 Å². The van der Waals surface area contributed by atoms with Crippen LogP contribution in [0.4, 0.5) is 4.79 Å². The van der Waals surface area contributed by atoms with Crippen LogP contribution in [0.15, 0.2) is 0 Å². The highest BCUT2D eigenvalue weighted by Crippen LogP contribution is 2.21. The van der Waals surface area contributed by atoms with Crippen LogP contribution in [0.25, 0.3) is 0 Å². The first-order valence-electron chi connectivity index (χ1n) is 8.52. The first-order chi connectivity index (χ1) is 11.0. The third kappa shape index (κ3) is 6.46. The van der Waals surface area contributed by atoms with Crippen molar-refractivity contribution in [3.63, 3.8) is 0 Å². The Morgan fingerprint density at radius 3 is 2.35 bits per heavy atom. The van der Waals surface area contributed by atoms with Gasteiger partial charge in [0.1, 0.15) is 18.7 Å². The summed E-state index contributed by atoms with van der Waals surface area (Å²) in [5, 5.41) is 2.44. The first kappa shape index (κ1) is 19.3. The minimum absolute atomic E-state index is 0. The lowest BCUT2D eigenvalue weighted by Gasteiger charge is -2.22. The highest BCUT2D eigenvalue weighted by atomic mass is 16.6. The summed E-state index contributed by atoms with van der Waals surface area (Å²) in [6.07, 6.45) is 5.92. The number of nitrogens with two attached hydrogens (primary N) is 1. The molecule has 0 aromatic rings. The summed E-state index contributed by atoms with van der Waals surface area (Å²) < 4.78 is 5.19. The molecule has 1 aliphatic carbocycles. The second kappa shape index (κ2) is 10.1. The Kier molecular flexibility index (Phi) is 8.43. The van der Waals surface area contributed by atoms with Gasteiger partial charge in [-0.2, -0.15) is 0 Å². The minimum atomic E-state index is -0.569. The third-order valence-electron chi connectivity index (χ3n) is 3.86. The molecule has 1 aliphatic heterocycles. The zero-order valence-electron chi connectivity index (χ0n) is 14.2. The summed E-state index contributed by atoms with van der Waals surface area (Å²) in [7, 11) is 0. The number of carbonyl (C=O) groups is 3. The van der Waals surface area contributed by atoms with Gasteiger partial charge in [-0.05, 0) is 38.5 Å². The number of amides is 3. The number of nitrogens with one attached hydrogen (secondary N) is 1. The van der Waals surface area contributed by atoms with E-state index in [1.54, 1.807) is 0 Å². The van der Waals surface area contributed by atoms with E-state index in [1.165, 1.54) is 11.3 Å². The first-order valence-corrected chi connectivity index (χ1v) is 8.52. The van der Waals surface area contributed by atoms with Gasteiger partial charge < -0.3 is 20.7 Å². The van der Waals surface area contributed by atoms with Crippen molar-refractivity contribution in [1.82, 2.24) is 10.2 Å². The van der Waals surface area contributed by atoms with Gasteiger partial charge in [-0.3, -0.25) is 9.59 Å². The molecule has 0 unspecified atom stereocenters. The molecule has 0 radical (unpaired) electrons. The Hall–Kier alpha value is -1.79. The highest BCUT2D eigenvalue weighted by Gasteiger charge is 2.32. The molecule has 0 spiro atoms. The molecule has 1 heterocycles. The number of primary amides is 1. The van der Waals surface area contributed by atoms with Crippen molar-refractivity contribution >= 4 is 17.9 Å². The van der Waals surface area contributed by atoms with Crippen molar-refractivity contribution in [3.8, 4) is 0 Å². The quantitative estimate of drug-likeness (QED) is 0.823. The molecule has 2 fully saturated rings. The maximum absolute atomic E-state index is 11.9. The Morgan fingerprint density at radius 2 is 1.78 bits per heavy atom. The standard InChI is InChI=1S/C13H21N3O4.C3H8.2H2/c14-12(18)10-6-3-7-16(10)11(17)8-15-13(19)20-9-4-1-2-5-9;1-3-2;;/h9-10H,1-8H2,(H2,14,18)(H,15,19);3H2,1-2H3;2*1H/t10-;;;/m0.../s1. The van der Waals surface area contributed by atoms with E-state index in [-0.39, 0.29) is 21.4 Å². The van der Waals surface area contributed by atoms with Gasteiger partial charge in [0.05, 0.1) is 0 Å². The fourth-order valence-electron chi connectivity index (χ4n) is 2.81.